The molecule has 0 fully saturated rings. The first-order valence-electron chi connectivity index (χ1n) is 4.59. The van der Waals surface area contributed by atoms with E-state index in [0.717, 1.165) is 0 Å². The van der Waals surface area contributed by atoms with Gasteiger partial charge in [0.25, 0.3) is 5.69 Å². The molecule has 0 amide bonds. The number of carbonyl (C=O) groups excluding carboxylic acids is 1. The summed E-state index contributed by atoms with van der Waals surface area (Å²) in [7, 11) is 0. The number of aryl methyl sites for hydroxylation is 1. The fourth-order valence-corrected chi connectivity index (χ4v) is 1.46. The number of nitro groups is 1. The Morgan fingerprint density at radius 3 is 2.69 bits per heavy atom. The normalized spacial score (nSPS) is 9.94. The van der Waals surface area contributed by atoms with E-state index in [2.05, 4.69) is 0 Å². The van der Waals surface area contributed by atoms with E-state index in [1.807, 2.05) is 0 Å². The molecule has 0 saturated carbocycles. The quantitative estimate of drug-likeness (QED) is 0.465. The SMILES string of the molecule is CCOC(=O)c1c([N+](=O)[O-])ccc(C)c1Cl. The summed E-state index contributed by atoms with van der Waals surface area (Å²) in [5, 5.41) is 10.8. The van der Waals surface area contributed by atoms with Gasteiger partial charge < -0.3 is 4.74 Å². The average Bonchev–Trinajstić information content (AvgIpc) is 2.21. The summed E-state index contributed by atoms with van der Waals surface area (Å²) in [6, 6.07) is 2.73. The average molecular weight is 244 g/mol. The fraction of sp³-hybridized carbons (Fsp3) is 0.300. The molecular weight excluding hydrogens is 234 g/mol. The van der Waals surface area contributed by atoms with Gasteiger partial charge in [0.1, 0.15) is 0 Å². The zero-order valence-electron chi connectivity index (χ0n) is 8.82. The van der Waals surface area contributed by atoms with Crippen molar-refractivity contribution >= 4 is 23.3 Å². The molecule has 0 spiro atoms. The lowest BCUT2D eigenvalue weighted by atomic mass is 10.1. The van der Waals surface area contributed by atoms with Crippen molar-refractivity contribution in [3.8, 4) is 0 Å². The Balaban J connectivity index is 3.37. The minimum atomic E-state index is -0.775. The van der Waals surface area contributed by atoms with Gasteiger partial charge in [-0.2, -0.15) is 0 Å². The monoisotopic (exact) mass is 243 g/mol. The number of esters is 1. The molecule has 5 nitrogen and oxygen atoms in total. The van der Waals surface area contributed by atoms with Crippen molar-refractivity contribution < 1.29 is 14.5 Å². The molecule has 86 valence electrons. The van der Waals surface area contributed by atoms with Gasteiger partial charge in [-0.3, -0.25) is 10.1 Å². The smallest absolute Gasteiger partial charge is 0.346 e. The highest BCUT2D eigenvalue weighted by Gasteiger charge is 2.25. The van der Waals surface area contributed by atoms with E-state index >= 15 is 0 Å². The molecular formula is C10H10ClNO4. The van der Waals surface area contributed by atoms with Crippen LogP contribution in [0.3, 0.4) is 0 Å². The van der Waals surface area contributed by atoms with Gasteiger partial charge in [-0.05, 0) is 19.4 Å². The lowest BCUT2D eigenvalue weighted by molar-refractivity contribution is -0.385. The van der Waals surface area contributed by atoms with Crippen LogP contribution in [0.4, 0.5) is 5.69 Å². The van der Waals surface area contributed by atoms with Gasteiger partial charge in [0, 0.05) is 6.07 Å². The van der Waals surface area contributed by atoms with E-state index in [-0.39, 0.29) is 22.9 Å². The summed E-state index contributed by atoms with van der Waals surface area (Å²) in [5.41, 5.74) is 0.0675. The molecule has 1 aromatic rings. The summed E-state index contributed by atoms with van der Waals surface area (Å²) in [5.74, 6) is -0.775. The minimum Gasteiger partial charge on any atom is -0.462 e. The van der Waals surface area contributed by atoms with Crippen LogP contribution in [0.15, 0.2) is 12.1 Å². The van der Waals surface area contributed by atoms with Crippen LogP contribution in [0, 0.1) is 17.0 Å². The number of nitrogens with zero attached hydrogens (tertiary/aromatic N) is 1. The van der Waals surface area contributed by atoms with Crippen LogP contribution in [0.25, 0.3) is 0 Å². The third-order valence-electron chi connectivity index (χ3n) is 1.99. The molecule has 0 saturated heterocycles. The van der Waals surface area contributed by atoms with Crippen LogP contribution in [0.5, 0.6) is 0 Å². The van der Waals surface area contributed by atoms with Gasteiger partial charge >= 0.3 is 5.97 Å². The zero-order valence-corrected chi connectivity index (χ0v) is 9.58. The molecule has 0 aliphatic heterocycles. The first-order valence-corrected chi connectivity index (χ1v) is 4.97. The van der Waals surface area contributed by atoms with Gasteiger partial charge in [-0.15, -0.1) is 0 Å². The number of nitro benzene ring substituents is 1. The molecule has 0 unspecified atom stereocenters. The summed E-state index contributed by atoms with van der Waals surface area (Å²) in [6.07, 6.45) is 0. The Morgan fingerprint density at radius 1 is 1.56 bits per heavy atom. The predicted octanol–water partition coefficient (Wildman–Crippen LogP) is 2.73. The molecule has 0 bridgehead atoms. The largest absolute Gasteiger partial charge is 0.462 e. The van der Waals surface area contributed by atoms with Crippen molar-refractivity contribution in [3.63, 3.8) is 0 Å². The van der Waals surface area contributed by atoms with Crippen molar-refractivity contribution in [1.82, 2.24) is 0 Å². The Hall–Kier alpha value is -1.62. The van der Waals surface area contributed by atoms with Crippen molar-refractivity contribution in [3.05, 3.63) is 38.4 Å². The molecule has 1 rings (SSSR count). The minimum absolute atomic E-state index is 0.0626. The van der Waals surface area contributed by atoms with Crippen LogP contribution < -0.4 is 0 Å². The number of benzene rings is 1. The first-order chi connectivity index (χ1) is 7.49. The van der Waals surface area contributed by atoms with Crippen LogP contribution in [0.1, 0.15) is 22.8 Å². The van der Waals surface area contributed by atoms with Gasteiger partial charge in [0.2, 0.25) is 0 Å². The summed E-state index contributed by atoms with van der Waals surface area (Å²) in [6.45, 7) is 3.42. The van der Waals surface area contributed by atoms with E-state index < -0.39 is 10.9 Å². The van der Waals surface area contributed by atoms with Crippen molar-refractivity contribution in [2.24, 2.45) is 0 Å². The van der Waals surface area contributed by atoms with Gasteiger partial charge in [0.05, 0.1) is 16.6 Å². The number of hydrogen-bond acceptors (Lipinski definition) is 4. The second-order valence-electron chi connectivity index (χ2n) is 3.07. The molecule has 6 heteroatoms. The lowest BCUT2D eigenvalue weighted by Gasteiger charge is -2.06. The number of ether oxygens (including phenoxy) is 1. The van der Waals surface area contributed by atoms with E-state index in [1.54, 1.807) is 13.8 Å². The standard InChI is InChI=1S/C10H10ClNO4/c1-3-16-10(13)8-7(12(14)15)5-4-6(2)9(8)11/h4-5H,3H2,1-2H3. The second kappa shape index (κ2) is 4.94. The van der Waals surface area contributed by atoms with Crippen LogP contribution in [0.2, 0.25) is 5.02 Å². The van der Waals surface area contributed by atoms with Crippen LogP contribution in [-0.4, -0.2) is 17.5 Å². The van der Waals surface area contributed by atoms with Crippen LogP contribution in [-0.2, 0) is 4.74 Å². The van der Waals surface area contributed by atoms with E-state index in [9.17, 15) is 14.9 Å². The van der Waals surface area contributed by atoms with Crippen molar-refractivity contribution in [2.45, 2.75) is 13.8 Å². The number of halogens is 1. The number of rotatable bonds is 3. The Labute approximate surface area is 97.1 Å². The maximum absolute atomic E-state index is 11.5. The predicted molar refractivity (Wildman–Crippen MR) is 58.8 cm³/mol. The Kier molecular flexibility index (Phi) is 3.84. The highest BCUT2D eigenvalue weighted by molar-refractivity contribution is 6.34. The van der Waals surface area contributed by atoms with Gasteiger partial charge in [-0.1, -0.05) is 17.7 Å². The van der Waals surface area contributed by atoms with E-state index in [4.69, 9.17) is 16.3 Å². The molecule has 0 aromatic heterocycles. The third-order valence-corrected chi connectivity index (χ3v) is 2.48. The van der Waals surface area contributed by atoms with E-state index in [0.29, 0.717) is 5.56 Å². The van der Waals surface area contributed by atoms with Gasteiger partial charge in [-0.25, -0.2) is 4.79 Å². The van der Waals surface area contributed by atoms with Crippen molar-refractivity contribution in [2.75, 3.05) is 6.61 Å². The molecule has 0 aliphatic carbocycles. The molecule has 16 heavy (non-hydrogen) atoms. The summed E-state index contributed by atoms with van der Waals surface area (Å²) in [4.78, 5) is 21.6. The molecule has 0 radical (unpaired) electrons. The molecule has 0 atom stereocenters. The lowest BCUT2D eigenvalue weighted by Crippen LogP contribution is -2.09. The van der Waals surface area contributed by atoms with Crippen molar-refractivity contribution in [1.29, 1.82) is 0 Å². The fourth-order valence-electron chi connectivity index (χ4n) is 1.22. The molecule has 1 aromatic carbocycles. The molecule has 0 heterocycles. The molecule has 0 aliphatic rings. The maximum Gasteiger partial charge on any atom is 0.346 e. The first kappa shape index (κ1) is 12.4. The highest BCUT2D eigenvalue weighted by atomic mass is 35.5. The molecule has 0 N–H and O–H groups in total. The second-order valence-corrected chi connectivity index (χ2v) is 3.45. The van der Waals surface area contributed by atoms with E-state index in [1.165, 1.54) is 12.1 Å². The van der Waals surface area contributed by atoms with Crippen LogP contribution >= 0.6 is 11.6 Å². The Morgan fingerprint density at radius 2 is 2.19 bits per heavy atom. The third kappa shape index (κ3) is 2.30. The Bertz CT molecular complexity index is 445. The number of carbonyl (C=O) groups is 1. The topological polar surface area (TPSA) is 69.4 Å². The number of hydrogen-bond donors (Lipinski definition) is 0. The summed E-state index contributed by atoms with van der Waals surface area (Å²) < 4.78 is 4.73. The zero-order chi connectivity index (χ0) is 12.3. The van der Waals surface area contributed by atoms with Gasteiger partial charge in [0.15, 0.2) is 5.56 Å². The summed E-state index contributed by atoms with van der Waals surface area (Å²) >= 11 is 5.87. The highest BCUT2D eigenvalue weighted by Crippen LogP contribution is 2.29. The maximum atomic E-state index is 11.5.